The first kappa shape index (κ1) is 19.8. The summed E-state index contributed by atoms with van der Waals surface area (Å²) in [4.78, 5) is 34.5. The van der Waals surface area contributed by atoms with Crippen LogP contribution in [0, 0.1) is 20.8 Å². The number of rotatable bonds is 4. The Hall–Kier alpha value is -2.47. The zero-order valence-corrected chi connectivity index (χ0v) is 18.1. The highest BCUT2D eigenvalue weighted by atomic mass is 32.1. The SMILES string of the molecule is Cc1sc2nc(C)n(C3CCN(C(=O)CCc4ccccc4)CC3)c(=O)c2c1C. The summed E-state index contributed by atoms with van der Waals surface area (Å²) >= 11 is 1.59. The van der Waals surface area contributed by atoms with Crippen LogP contribution in [0.25, 0.3) is 10.2 Å². The number of benzene rings is 1. The Morgan fingerprint density at radius 1 is 1.14 bits per heavy atom. The first-order valence-corrected chi connectivity index (χ1v) is 11.1. The van der Waals surface area contributed by atoms with E-state index in [0.29, 0.717) is 19.5 Å². The molecule has 0 radical (unpaired) electrons. The van der Waals surface area contributed by atoms with Gasteiger partial charge in [-0.05, 0) is 51.2 Å². The molecule has 1 aromatic carbocycles. The van der Waals surface area contributed by atoms with Gasteiger partial charge in [0.05, 0.1) is 5.39 Å². The summed E-state index contributed by atoms with van der Waals surface area (Å²) in [6, 6.07) is 10.2. The number of aromatic nitrogens is 2. The molecular weight excluding hydrogens is 382 g/mol. The predicted octanol–water partition coefficient (Wildman–Crippen LogP) is 4.18. The molecule has 0 aliphatic carbocycles. The smallest absolute Gasteiger partial charge is 0.262 e. The molecule has 3 heterocycles. The molecule has 1 amide bonds. The maximum Gasteiger partial charge on any atom is 0.262 e. The highest BCUT2D eigenvalue weighted by molar-refractivity contribution is 7.18. The van der Waals surface area contributed by atoms with Crippen molar-refractivity contribution in [1.29, 1.82) is 0 Å². The van der Waals surface area contributed by atoms with Gasteiger partial charge in [0.2, 0.25) is 5.91 Å². The maximum absolute atomic E-state index is 13.2. The van der Waals surface area contributed by atoms with Crippen LogP contribution in [0.4, 0.5) is 0 Å². The molecule has 1 saturated heterocycles. The molecule has 5 nitrogen and oxygen atoms in total. The van der Waals surface area contributed by atoms with E-state index in [2.05, 4.69) is 12.1 Å². The third-order valence-electron chi connectivity index (χ3n) is 6.06. The summed E-state index contributed by atoms with van der Waals surface area (Å²) in [6.45, 7) is 7.36. The molecule has 0 spiro atoms. The monoisotopic (exact) mass is 409 g/mol. The Morgan fingerprint density at radius 2 is 1.83 bits per heavy atom. The summed E-state index contributed by atoms with van der Waals surface area (Å²) in [6.07, 6.45) is 2.91. The van der Waals surface area contributed by atoms with Gasteiger partial charge in [-0.25, -0.2) is 4.98 Å². The summed E-state index contributed by atoms with van der Waals surface area (Å²) in [5, 5.41) is 0.763. The van der Waals surface area contributed by atoms with Gasteiger partial charge in [0.15, 0.2) is 0 Å². The number of piperidine rings is 1. The second-order valence-corrected chi connectivity index (χ2v) is 9.10. The minimum Gasteiger partial charge on any atom is -0.343 e. The van der Waals surface area contributed by atoms with Crippen LogP contribution in [0.1, 0.15) is 47.1 Å². The fourth-order valence-electron chi connectivity index (χ4n) is 4.27. The van der Waals surface area contributed by atoms with Gasteiger partial charge in [-0.1, -0.05) is 30.3 Å². The lowest BCUT2D eigenvalue weighted by atomic mass is 10.0. The van der Waals surface area contributed by atoms with Crippen LogP contribution in [0.15, 0.2) is 35.1 Å². The summed E-state index contributed by atoms with van der Waals surface area (Å²) < 4.78 is 1.87. The summed E-state index contributed by atoms with van der Waals surface area (Å²) in [5.74, 6) is 0.979. The number of likely N-dealkylation sites (tertiary alicyclic amines) is 1. The van der Waals surface area contributed by atoms with E-state index in [1.165, 1.54) is 5.56 Å². The van der Waals surface area contributed by atoms with Gasteiger partial charge >= 0.3 is 0 Å². The molecule has 29 heavy (non-hydrogen) atoms. The van der Waals surface area contributed by atoms with Gasteiger partial charge in [0.1, 0.15) is 10.7 Å². The topological polar surface area (TPSA) is 55.2 Å². The van der Waals surface area contributed by atoms with Crippen LogP contribution in [0.3, 0.4) is 0 Å². The molecular formula is C23H27N3O2S. The van der Waals surface area contributed by atoms with Crippen LogP contribution >= 0.6 is 11.3 Å². The van der Waals surface area contributed by atoms with Crippen LogP contribution in [-0.2, 0) is 11.2 Å². The van der Waals surface area contributed by atoms with E-state index in [9.17, 15) is 9.59 Å². The second kappa shape index (κ2) is 8.11. The van der Waals surface area contributed by atoms with Crippen LogP contribution in [-0.4, -0.2) is 33.4 Å². The third kappa shape index (κ3) is 3.86. The van der Waals surface area contributed by atoms with Crippen molar-refractivity contribution in [1.82, 2.24) is 14.5 Å². The van der Waals surface area contributed by atoms with Gasteiger partial charge < -0.3 is 4.90 Å². The molecule has 0 unspecified atom stereocenters. The average molecular weight is 410 g/mol. The second-order valence-electron chi connectivity index (χ2n) is 7.90. The summed E-state index contributed by atoms with van der Waals surface area (Å²) in [7, 11) is 0. The lowest BCUT2D eigenvalue weighted by molar-refractivity contribution is -0.132. The number of carbonyl (C=O) groups is 1. The average Bonchev–Trinajstić information content (AvgIpc) is 3.01. The van der Waals surface area contributed by atoms with Crippen LogP contribution in [0.5, 0.6) is 0 Å². The number of nitrogens with zero attached hydrogens (tertiary/aromatic N) is 3. The predicted molar refractivity (Wildman–Crippen MR) is 118 cm³/mol. The minimum absolute atomic E-state index is 0.0724. The van der Waals surface area contributed by atoms with E-state index in [1.54, 1.807) is 11.3 Å². The summed E-state index contributed by atoms with van der Waals surface area (Å²) in [5.41, 5.74) is 2.31. The van der Waals surface area contributed by atoms with E-state index in [4.69, 9.17) is 4.98 Å². The Morgan fingerprint density at radius 3 is 2.52 bits per heavy atom. The number of amides is 1. The first-order valence-electron chi connectivity index (χ1n) is 10.3. The van der Waals surface area contributed by atoms with Crippen molar-refractivity contribution in [2.75, 3.05) is 13.1 Å². The molecule has 1 aliphatic heterocycles. The zero-order chi connectivity index (χ0) is 20.5. The molecule has 4 rings (SSSR count). The fraction of sp³-hybridized carbons (Fsp3) is 0.435. The van der Waals surface area contributed by atoms with Crippen molar-refractivity contribution < 1.29 is 4.79 Å². The standard InChI is InChI=1S/C23H27N3O2S/c1-15-16(2)29-22-21(15)23(28)26(17(3)24-22)19-11-13-25(14-12-19)20(27)10-9-18-7-5-4-6-8-18/h4-8,19H,9-14H2,1-3H3. The van der Waals surface area contributed by atoms with Gasteiger partial charge in [-0.2, -0.15) is 0 Å². The van der Waals surface area contributed by atoms with E-state index in [0.717, 1.165) is 45.7 Å². The number of carbonyl (C=O) groups excluding carboxylic acids is 1. The Balaban J connectivity index is 1.45. The van der Waals surface area contributed by atoms with E-state index >= 15 is 0 Å². The van der Waals surface area contributed by atoms with Gasteiger partial charge in [0, 0.05) is 30.4 Å². The molecule has 6 heteroatoms. The van der Waals surface area contributed by atoms with Crippen molar-refractivity contribution in [3.63, 3.8) is 0 Å². The number of hydrogen-bond acceptors (Lipinski definition) is 4. The van der Waals surface area contributed by atoms with E-state index < -0.39 is 0 Å². The van der Waals surface area contributed by atoms with Crippen LogP contribution in [0.2, 0.25) is 0 Å². The highest BCUT2D eigenvalue weighted by Gasteiger charge is 2.26. The Labute approximate surface area is 175 Å². The molecule has 0 saturated carbocycles. The van der Waals surface area contributed by atoms with E-state index in [1.807, 2.05) is 48.4 Å². The number of thiophene rings is 1. The molecule has 3 aromatic rings. The zero-order valence-electron chi connectivity index (χ0n) is 17.3. The molecule has 0 bridgehead atoms. The lowest BCUT2D eigenvalue weighted by Gasteiger charge is -2.33. The molecule has 2 aromatic heterocycles. The highest BCUT2D eigenvalue weighted by Crippen LogP contribution is 2.29. The normalized spacial score (nSPS) is 15.2. The molecule has 0 atom stereocenters. The molecule has 1 aliphatic rings. The Bertz CT molecular complexity index is 1090. The van der Waals surface area contributed by atoms with Crippen molar-refractivity contribution in [2.45, 2.75) is 52.5 Å². The largest absolute Gasteiger partial charge is 0.343 e. The molecule has 152 valence electrons. The van der Waals surface area contributed by atoms with Gasteiger partial charge in [-0.3, -0.25) is 14.2 Å². The number of hydrogen-bond donors (Lipinski definition) is 0. The van der Waals surface area contributed by atoms with Crippen molar-refractivity contribution in [2.24, 2.45) is 0 Å². The first-order chi connectivity index (χ1) is 14.0. The quantitative estimate of drug-likeness (QED) is 0.650. The number of fused-ring (bicyclic) bond motifs is 1. The third-order valence-corrected chi connectivity index (χ3v) is 7.17. The molecule has 0 N–H and O–H groups in total. The maximum atomic E-state index is 13.2. The minimum atomic E-state index is 0.0724. The number of aryl methyl sites for hydroxylation is 4. The van der Waals surface area contributed by atoms with E-state index in [-0.39, 0.29) is 17.5 Å². The van der Waals surface area contributed by atoms with Gasteiger partial charge in [0.25, 0.3) is 5.56 Å². The van der Waals surface area contributed by atoms with Crippen molar-refractivity contribution in [3.8, 4) is 0 Å². The van der Waals surface area contributed by atoms with Crippen molar-refractivity contribution >= 4 is 27.5 Å². The van der Waals surface area contributed by atoms with Crippen LogP contribution < -0.4 is 5.56 Å². The van der Waals surface area contributed by atoms with Gasteiger partial charge in [-0.15, -0.1) is 11.3 Å². The Kier molecular flexibility index (Phi) is 5.54. The molecule has 1 fully saturated rings. The fourth-order valence-corrected chi connectivity index (χ4v) is 5.33. The van der Waals surface area contributed by atoms with Crippen molar-refractivity contribution in [3.05, 3.63) is 62.5 Å². The lowest BCUT2D eigenvalue weighted by Crippen LogP contribution is -2.41.